The highest BCUT2D eigenvalue weighted by molar-refractivity contribution is 6.08. The Bertz CT molecular complexity index is 817. The second kappa shape index (κ2) is 9.75. The number of hydrogen-bond donors (Lipinski definition) is 2. The van der Waals surface area contributed by atoms with Crippen molar-refractivity contribution in [2.45, 2.75) is 13.3 Å². The first kappa shape index (κ1) is 21.2. The fourth-order valence-electron chi connectivity index (χ4n) is 2.12. The summed E-state index contributed by atoms with van der Waals surface area (Å²) in [7, 11) is 1.55. The van der Waals surface area contributed by atoms with Crippen molar-refractivity contribution in [3.8, 4) is 5.75 Å². The standard InChI is InChI=1S/C19H21F3N4O2/c1-13-3-5-14(6-4-13)17(23)26-18(24-11-12-27-2)25-15-7-9-16(10-8-15)28-19(20,21)22/h3-10H,11-12H2,1-2H3,(H3,23,24,25,26). The molecule has 0 spiro atoms. The maximum absolute atomic E-state index is 12.3. The Kier molecular flexibility index (Phi) is 7.39. The van der Waals surface area contributed by atoms with Crippen molar-refractivity contribution in [3.05, 3.63) is 59.7 Å². The van der Waals surface area contributed by atoms with Gasteiger partial charge in [-0.2, -0.15) is 4.99 Å². The molecule has 0 aromatic heterocycles. The molecule has 28 heavy (non-hydrogen) atoms. The summed E-state index contributed by atoms with van der Waals surface area (Å²) in [4.78, 5) is 8.57. The van der Waals surface area contributed by atoms with Crippen LogP contribution < -0.4 is 15.8 Å². The highest BCUT2D eigenvalue weighted by Gasteiger charge is 2.30. The average molecular weight is 394 g/mol. The third-order valence-corrected chi connectivity index (χ3v) is 3.47. The summed E-state index contributed by atoms with van der Waals surface area (Å²) in [5.74, 6) is 0.138. The topological polar surface area (TPSA) is 81.2 Å². The predicted octanol–water partition coefficient (Wildman–Crippen LogP) is 3.71. The Hall–Kier alpha value is -3.07. The molecular weight excluding hydrogens is 373 g/mol. The van der Waals surface area contributed by atoms with Crippen molar-refractivity contribution in [2.24, 2.45) is 15.7 Å². The van der Waals surface area contributed by atoms with Gasteiger partial charge in [0.1, 0.15) is 11.6 Å². The molecule has 0 aliphatic rings. The largest absolute Gasteiger partial charge is 0.573 e. The number of methoxy groups -OCH3 is 1. The lowest BCUT2D eigenvalue weighted by Gasteiger charge is -2.11. The zero-order valence-corrected chi connectivity index (χ0v) is 15.5. The summed E-state index contributed by atoms with van der Waals surface area (Å²) >= 11 is 0. The molecule has 0 atom stereocenters. The highest BCUT2D eigenvalue weighted by Crippen LogP contribution is 2.24. The van der Waals surface area contributed by atoms with Crippen LogP contribution in [0.25, 0.3) is 0 Å². The first-order valence-corrected chi connectivity index (χ1v) is 8.34. The van der Waals surface area contributed by atoms with Crippen molar-refractivity contribution >= 4 is 17.5 Å². The summed E-state index contributed by atoms with van der Waals surface area (Å²) in [5.41, 5.74) is 8.34. The van der Waals surface area contributed by atoms with E-state index in [9.17, 15) is 13.2 Å². The van der Waals surface area contributed by atoms with Gasteiger partial charge in [0.2, 0.25) is 5.96 Å². The minimum Gasteiger partial charge on any atom is -0.406 e. The van der Waals surface area contributed by atoms with Crippen molar-refractivity contribution in [3.63, 3.8) is 0 Å². The summed E-state index contributed by atoms with van der Waals surface area (Å²) in [6, 6.07) is 12.7. The second-order valence-electron chi connectivity index (χ2n) is 5.76. The van der Waals surface area contributed by atoms with Crippen LogP contribution in [0.15, 0.2) is 58.5 Å². The maximum atomic E-state index is 12.3. The van der Waals surface area contributed by atoms with Gasteiger partial charge in [-0.05, 0) is 31.2 Å². The maximum Gasteiger partial charge on any atom is 0.573 e. The van der Waals surface area contributed by atoms with Crippen LogP contribution in [0.4, 0.5) is 18.9 Å². The van der Waals surface area contributed by atoms with Crippen molar-refractivity contribution in [1.29, 1.82) is 0 Å². The van der Waals surface area contributed by atoms with Crippen LogP contribution in [0, 0.1) is 6.92 Å². The van der Waals surface area contributed by atoms with Crippen LogP contribution in [0.1, 0.15) is 11.1 Å². The zero-order valence-electron chi connectivity index (χ0n) is 15.5. The van der Waals surface area contributed by atoms with E-state index in [1.54, 1.807) is 7.11 Å². The number of amidine groups is 1. The number of nitrogens with two attached hydrogens (primary N) is 1. The van der Waals surface area contributed by atoms with Crippen molar-refractivity contribution in [1.82, 2.24) is 0 Å². The molecule has 2 rings (SSSR count). The van der Waals surface area contributed by atoms with E-state index in [-0.39, 0.29) is 17.5 Å². The van der Waals surface area contributed by atoms with Crippen LogP contribution in [-0.2, 0) is 4.74 Å². The van der Waals surface area contributed by atoms with Crippen LogP contribution in [-0.4, -0.2) is 38.4 Å². The molecule has 0 saturated heterocycles. The Morgan fingerprint density at radius 2 is 1.71 bits per heavy atom. The van der Waals surface area contributed by atoms with E-state index in [1.165, 1.54) is 24.3 Å². The number of aliphatic imine (C=N–C) groups is 2. The van der Waals surface area contributed by atoms with Gasteiger partial charge < -0.3 is 20.5 Å². The Labute approximate surface area is 160 Å². The number of nitrogens with one attached hydrogen (secondary N) is 1. The monoisotopic (exact) mass is 394 g/mol. The second-order valence-corrected chi connectivity index (χ2v) is 5.76. The number of anilines is 1. The Morgan fingerprint density at radius 1 is 1.07 bits per heavy atom. The van der Waals surface area contributed by atoms with Gasteiger partial charge in [-0.15, -0.1) is 13.2 Å². The first-order chi connectivity index (χ1) is 13.3. The molecule has 0 amide bonds. The Balaban J connectivity index is 2.17. The van der Waals surface area contributed by atoms with Gasteiger partial charge in [0, 0.05) is 18.4 Å². The van der Waals surface area contributed by atoms with Gasteiger partial charge >= 0.3 is 6.36 Å². The van der Waals surface area contributed by atoms with E-state index in [0.29, 0.717) is 18.8 Å². The molecule has 0 unspecified atom stereocenters. The fourth-order valence-corrected chi connectivity index (χ4v) is 2.12. The molecule has 0 heterocycles. The van der Waals surface area contributed by atoms with Gasteiger partial charge in [0.25, 0.3) is 0 Å². The third-order valence-electron chi connectivity index (χ3n) is 3.47. The van der Waals surface area contributed by atoms with E-state index in [4.69, 9.17) is 10.5 Å². The lowest BCUT2D eigenvalue weighted by Crippen LogP contribution is -2.20. The smallest absolute Gasteiger partial charge is 0.406 e. The van der Waals surface area contributed by atoms with Crippen molar-refractivity contribution in [2.75, 3.05) is 25.6 Å². The van der Waals surface area contributed by atoms with Crippen LogP contribution in [0.2, 0.25) is 0 Å². The summed E-state index contributed by atoms with van der Waals surface area (Å²) < 4.78 is 45.6. The molecule has 150 valence electrons. The minimum absolute atomic E-state index is 0.208. The number of benzene rings is 2. The van der Waals surface area contributed by atoms with E-state index in [0.717, 1.165) is 11.1 Å². The molecule has 0 fully saturated rings. The number of aryl methyl sites for hydroxylation is 1. The molecule has 2 aromatic carbocycles. The third kappa shape index (κ3) is 7.28. The molecule has 9 heteroatoms. The lowest BCUT2D eigenvalue weighted by molar-refractivity contribution is -0.274. The summed E-state index contributed by atoms with van der Waals surface area (Å²) in [6.45, 7) is 2.67. The number of hydrogen-bond acceptors (Lipinski definition) is 3. The van der Waals surface area contributed by atoms with E-state index >= 15 is 0 Å². The summed E-state index contributed by atoms with van der Waals surface area (Å²) in [5, 5.41) is 2.93. The molecule has 0 radical (unpaired) electrons. The molecule has 3 N–H and O–H groups in total. The molecule has 6 nitrogen and oxygen atoms in total. The van der Waals surface area contributed by atoms with Crippen LogP contribution in [0.5, 0.6) is 5.75 Å². The lowest BCUT2D eigenvalue weighted by atomic mass is 10.1. The number of nitrogens with zero attached hydrogens (tertiary/aromatic N) is 2. The van der Waals surface area contributed by atoms with E-state index in [1.807, 2.05) is 31.2 Å². The van der Waals surface area contributed by atoms with Gasteiger partial charge in [-0.25, -0.2) is 4.99 Å². The number of halogens is 3. The Morgan fingerprint density at radius 3 is 2.29 bits per heavy atom. The van der Waals surface area contributed by atoms with E-state index < -0.39 is 6.36 Å². The van der Waals surface area contributed by atoms with Crippen LogP contribution >= 0.6 is 0 Å². The number of guanidine groups is 1. The van der Waals surface area contributed by atoms with E-state index in [2.05, 4.69) is 20.0 Å². The minimum atomic E-state index is -4.74. The molecule has 0 aliphatic heterocycles. The van der Waals surface area contributed by atoms with Gasteiger partial charge in [-0.1, -0.05) is 29.8 Å². The molecular formula is C19H21F3N4O2. The van der Waals surface area contributed by atoms with Gasteiger partial charge in [-0.3, -0.25) is 0 Å². The van der Waals surface area contributed by atoms with Gasteiger partial charge in [0.15, 0.2) is 0 Å². The zero-order chi connectivity index (χ0) is 20.6. The fraction of sp³-hybridized carbons (Fsp3) is 0.263. The molecule has 0 saturated carbocycles. The number of ether oxygens (including phenoxy) is 2. The molecule has 0 aliphatic carbocycles. The normalized spacial score (nSPS) is 12.8. The summed E-state index contributed by atoms with van der Waals surface area (Å²) in [6.07, 6.45) is -4.74. The number of rotatable bonds is 6. The predicted molar refractivity (Wildman–Crippen MR) is 103 cm³/mol. The van der Waals surface area contributed by atoms with Crippen LogP contribution in [0.3, 0.4) is 0 Å². The molecule has 2 aromatic rings. The first-order valence-electron chi connectivity index (χ1n) is 8.34. The SMILES string of the molecule is COCCN=C(N=C(N)c1ccc(C)cc1)Nc1ccc(OC(F)(F)F)cc1. The molecule has 0 bridgehead atoms. The number of alkyl halides is 3. The average Bonchev–Trinajstić information content (AvgIpc) is 2.62. The quantitative estimate of drug-likeness (QED) is 0.445. The highest BCUT2D eigenvalue weighted by atomic mass is 19.4. The van der Waals surface area contributed by atoms with Crippen molar-refractivity contribution < 1.29 is 22.6 Å². The van der Waals surface area contributed by atoms with Gasteiger partial charge in [0.05, 0.1) is 13.2 Å².